The maximum atomic E-state index is 12.9. The van der Waals surface area contributed by atoms with Crippen molar-refractivity contribution in [2.45, 2.75) is 24.7 Å². The van der Waals surface area contributed by atoms with Gasteiger partial charge in [-0.25, -0.2) is 9.97 Å². The number of carbonyl (C=O) groups excluding carboxylic acids is 1. The summed E-state index contributed by atoms with van der Waals surface area (Å²) in [5.74, 6) is 0.782. The van der Waals surface area contributed by atoms with E-state index < -0.39 is 0 Å². The van der Waals surface area contributed by atoms with E-state index in [1.54, 1.807) is 0 Å². The quantitative estimate of drug-likeness (QED) is 0.728. The minimum atomic E-state index is 0.0432. The number of piperidine rings is 1. The molecular weight excluding hydrogens is 360 g/mol. The highest BCUT2D eigenvalue weighted by Crippen LogP contribution is 2.48. The molecule has 0 atom stereocenters. The smallest absolute Gasteiger partial charge is 0.253 e. The van der Waals surface area contributed by atoms with Crippen molar-refractivity contribution in [3.8, 4) is 11.3 Å². The van der Waals surface area contributed by atoms with Crippen LogP contribution >= 0.6 is 0 Å². The standard InChI is InChI=1S/C24H24N4O/c1-25-23-26-16-18-15-24(20-10-6-5-9-19(20)21(18)27-23)11-13-28(14-12-24)22(29)17-7-3-2-4-8-17/h2-10,16H,11-15H2,1H3,(H,25,26,27). The van der Waals surface area contributed by atoms with E-state index in [-0.39, 0.29) is 11.3 Å². The highest BCUT2D eigenvalue weighted by molar-refractivity contribution is 5.94. The molecule has 2 heterocycles. The Labute approximate surface area is 170 Å². The maximum absolute atomic E-state index is 12.9. The molecule has 0 radical (unpaired) electrons. The summed E-state index contributed by atoms with van der Waals surface area (Å²) in [6.07, 6.45) is 4.80. The molecular formula is C24H24N4O. The largest absolute Gasteiger partial charge is 0.357 e. The number of nitrogens with zero attached hydrogens (tertiary/aromatic N) is 3. The van der Waals surface area contributed by atoms with Crippen LogP contribution in [-0.2, 0) is 11.8 Å². The molecule has 0 saturated carbocycles. The summed E-state index contributed by atoms with van der Waals surface area (Å²) in [7, 11) is 1.84. The molecule has 1 fully saturated rings. The number of nitrogens with one attached hydrogen (secondary N) is 1. The number of carbonyl (C=O) groups is 1. The zero-order valence-corrected chi connectivity index (χ0v) is 16.6. The van der Waals surface area contributed by atoms with Crippen molar-refractivity contribution < 1.29 is 4.79 Å². The lowest BCUT2D eigenvalue weighted by Gasteiger charge is -2.45. The molecule has 1 saturated heterocycles. The highest BCUT2D eigenvalue weighted by atomic mass is 16.2. The molecule has 1 N–H and O–H groups in total. The summed E-state index contributed by atoms with van der Waals surface area (Å²) in [5.41, 5.74) is 5.61. The van der Waals surface area contributed by atoms with Crippen molar-refractivity contribution in [1.29, 1.82) is 0 Å². The van der Waals surface area contributed by atoms with E-state index in [2.05, 4.69) is 34.6 Å². The topological polar surface area (TPSA) is 58.1 Å². The van der Waals surface area contributed by atoms with Crippen molar-refractivity contribution in [3.63, 3.8) is 0 Å². The Kier molecular flexibility index (Phi) is 4.31. The fourth-order valence-electron chi connectivity index (χ4n) is 4.85. The van der Waals surface area contributed by atoms with E-state index in [1.807, 2.05) is 48.5 Å². The van der Waals surface area contributed by atoms with Crippen molar-refractivity contribution in [2.24, 2.45) is 0 Å². The first-order valence-electron chi connectivity index (χ1n) is 10.2. The van der Waals surface area contributed by atoms with Gasteiger partial charge in [0.2, 0.25) is 5.95 Å². The number of rotatable bonds is 2. The van der Waals surface area contributed by atoms with Crippen LogP contribution in [0.5, 0.6) is 0 Å². The SMILES string of the molecule is CNc1ncc2c(n1)-c1ccccc1C1(CCN(C(=O)c3ccccc3)CC1)C2. The Morgan fingerprint density at radius 1 is 1.03 bits per heavy atom. The average Bonchev–Trinajstić information content (AvgIpc) is 2.80. The summed E-state index contributed by atoms with van der Waals surface area (Å²) in [4.78, 5) is 24.1. The zero-order chi connectivity index (χ0) is 19.8. The minimum Gasteiger partial charge on any atom is -0.357 e. The second kappa shape index (κ2) is 6.99. The molecule has 3 aromatic rings. The number of anilines is 1. The van der Waals surface area contributed by atoms with Gasteiger partial charge in [0.25, 0.3) is 5.91 Å². The van der Waals surface area contributed by atoms with Crippen LogP contribution in [0.25, 0.3) is 11.3 Å². The molecule has 1 aliphatic carbocycles. The monoisotopic (exact) mass is 384 g/mol. The van der Waals surface area contributed by atoms with Gasteiger partial charge in [0, 0.05) is 42.9 Å². The zero-order valence-electron chi connectivity index (χ0n) is 16.6. The van der Waals surface area contributed by atoms with Gasteiger partial charge in [-0.3, -0.25) is 4.79 Å². The van der Waals surface area contributed by atoms with E-state index in [4.69, 9.17) is 4.98 Å². The molecule has 146 valence electrons. The van der Waals surface area contributed by atoms with E-state index in [0.29, 0.717) is 5.95 Å². The van der Waals surface area contributed by atoms with Crippen LogP contribution in [0.4, 0.5) is 5.95 Å². The third-order valence-electron chi connectivity index (χ3n) is 6.40. The molecule has 2 aliphatic rings. The van der Waals surface area contributed by atoms with Crippen LogP contribution in [0.3, 0.4) is 0 Å². The van der Waals surface area contributed by atoms with Gasteiger partial charge >= 0.3 is 0 Å². The molecule has 0 unspecified atom stereocenters. The number of benzene rings is 2. The fourth-order valence-corrected chi connectivity index (χ4v) is 4.85. The number of amides is 1. The van der Waals surface area contributed by atoms with E-state index in [0.717, 1.165) is 43.6 Å². The molecule has 1 aliphatic heterocycles. The first-order chi connectivity index (χ1) is 14.2. The Morgan fingerprint density at radius 3 is 2.52 bits per heavy atom. The van der Waals surface area contributed by atoms with Gasteiger partial charge in [-0.05, 0) is 42.5 Å². The normalized spacial score (nSPS) is 16.8. The molecule has 29 heavy (non-hydrogen) atoms. The van der Waals surface area contributed by atoms with Crippen molar-refractivity contribution in [3.05, 3.63) is 77.5 Å². The molecule has 1 amide bonds. The van der Waals surface area contributed by atoms with Gasteiger partial charge in [0.05, 0.1) is 5.69 Å². The minimum absolute atomic E-state index is 0.0432. The average molecular weight is 384 g/mol. The van der Waals surface area contributed by atoms with Gasteiger partial charge in [0.1, 0.15) is 0 Å². The Morgan fingerprint density at radius 2 is 1.76 bits per heavy atom. The second-order valence-corrected chi connectivity index (χ2v) is 7.98. The first-order valence-corrected chi connectivity index (χ1v) is 10.2. The van der Waals surface area contributed by atoms with Crippen LogP contribution in [0, 0.1) is 0 Å². The summed E-state index contributed by atoms with van der Waals surface area (Å²) < 4.78 is 0. The van der Waals surface area contributed by atoms with Crippen molar-refractivity contribution in [1.82, 2.24) is 14.9 Å². The number of fused-ring (bicyclic) bond motifs is 4. The summed E-state index contributed by atoms with van der Waals surface area (Å²) >= 11 is 0. The Balaban J connectivity index is 1.46. The lowest BCUT2D eigenvalue weighted by Crippen LogP contribution is -2.47. The molecule has 0 bridgehead atoms. The van der Waals surface area contributed by atoms with Crippen LogP contribution in [-0.4, -0.2) is 40.9 Å². The number of aromatic nitrogens is 2. The van der Waals surface area contributed by atoms with Crippen LogP contribution in [0.2, 0.25) is 0 Å². The van der Waals surface area contributed by atoms with Gasteiger partial charge in [-0.15, -0.1) is 0 Å². The van der Waals surface area contributed by atoms with Crippen molar-refractivity contribution in [2.75, 3.05) is 25.5 Å². The van der Waals surface area contributed by atoms with E-state index in [1.165, 1.54) is 16.7 Å². The van der Waals surface area contributed by atoms with Gasteiger partial charge < -0.3 is 10.2 Å². The molecule has 2 aromatic carbocycles. The third-order valence-corrected chi connectivity index (χ3v) is 6.40. The predicted octanol–water partition coefficient (Wildman–Crippen LogP) is 3.92. The second-order valence-electron chi connectivity index (χ2n) is 7.98. The Hall–Kier alpha value is -3.21. The maximum Gasteiger partial charge on any atom is 0.253 e. The highest BCUT2D eigenvalue weighted by Gasteiger charge is 2.42. The number of hydrogen-bond acceptors (Lipinski definition) is 4. The number of hydrogen-bond donors (Lipinski definition) is 1. The summed E-state index contributed by atoms with van der Waals surface area (Å²) in [6.45, 7) is 1.54. The van der Waals surface area contributed by atoms with Crippen LogP contribution in [0.15, 0.2) is 60.8 Å². The lowest BCUT2D eigenvalue weighted by atomic mass is 9.64. The van der Waals surface area contributed by atoms with E-state index in [9.17, 15) is 4.79 Å². The first kappa shape index (κ1) is 17.9. The molecule has 1 spiro atoms. The lowest BCUT2D eigenvalue weighted by molar-refractivity contribution is 0.0664. The summed E-state index contributed by atoms with van der Waals surface area (Å²) in [5, 5.41) is 3.05. The van der Waals surface area contributed by atoms with Gasteiger partial charge in [0.15, 0.2) is 0 Å². The van der Waals surface area contributed by atoms with Crippen molar-refractivity contribution >= 4 is 11.9 Å². The van der Waals surface area contributed by atoms with E-state index >= 15 is 0 Å². The third kappa shape index (κ3) is 2.97. The fraction of sp³-hybridized carbons (Fsp3) is 0.292. The molecule has 5 heteroatoms. The van der Waals surface area contributed by atoms with Gasteiger partial charge in [-0.1, -0.05) is 42.5 Å². The molecule has 5 rings (SSSR count). The van der Waals surface area contributed by atoms with Crippen LogP contribution < -0.4 is 5.32 Å². The Bertz CT molecular complexity index is 1060. The number of likely N-dealkylation sites (tertiary alicyclic amines) is 1. The van der Waals surface area contributed by atoms with Crippen LogP contribution in [0.1, 0.15) is 34.3 Å². The molecule has 5 nitrogen and oxygen atoms in total. The molecule has 1 aromatic heterocycles. The summed E-state index contributed by atoms with van der Waals surface area (Å²) in [6, 6.07) is 18.2. The van der Waals surface area contributed by atoms with Gasteiger partial charge in [-0.2, -0.15) is 0 Å². The predicted molar refractivity (Wildman–Crippen MR) is 114 cm³/mol.